The van der Waals surface area contributed by atoms with Crippen LogP contribution in [-0.4, -0.2) is 26.9 Å². The lowest BCUT2D eigenvalue weighted by Gasteiger charge is -2.49. The van der Waals surface area contributed by atoms with Crippen LogP contribution in [0.5, 0.6) is 34.5 Å². The monoisotopic (exact) mass is 887 g/mol. The minimum atomic E-state index is -0.107. The Hall–Kier alpha value is -8.74. The van der Waals surface area contributed by atoms with Crippen molar-refractivity contribution in [1.82, 2.24) is 0 Å². The lowest BCUT2D eigenvalue weighted by atomic mass is 9.27. The molecule has 8 aliphatic heterocycles. The summed E-state index contributed by atoms with van der Waals surface area (Å²) in [5, 5.41) is 0. The molecule has 0 atom stereocenters. The van der Waals surface area contributed by atoms with Crippen molar-refractivity contribution in [3.8, 4) is 34.5 Å². The SMILES string of the molecule is c1ccc(N2c3cc4c(cc3B3c5ccccc5N5c6ccccc6B6c7ccccc7Oc7cc2c3c5c76)B2c3ccccc3N3c5ccccc5B5c6ccccc6Oc6cc(c2c3c65)O4)cc1. The van der Waals surface area contributed by atoms with Gasteiger partial charge in [0, 0.05) is 69.4 Å². The number of benzene rings is 10. The minimum Gasteiger partial charge on any atom is -0.458 e. The lowest BCUT2D eigenvalue weighted by Crippen LogP contribution is -2.69. The highest BCUT2D eigenvalue weighted by molar-refractivity contribution is 7.06. The predicted molar refractivity (Wildman–Crippen MR) is 289 cm³/mol. The van der Waals surface area contributed by atoms with Crippen LogP contribution in [0.4, 0.5) is 51.2 Å². The van der Waals surface area contributed by atoms with Crippen molar-refractivity contribution in [3.63, 3.8) is 0 Å². The first-order valence-electron chi connectivity index (χ1n) is 24.4. The minimum absolute atomic E-state index is 0.00751. The maximum absolute atomic E-state index is 7.45. The van der Waals surface area contributed by atoms with Gasteiger partial charge in [0.15, 0.2) is 0 Å². The van der Waals surface area contributed by atoms with Crippen LogP contribution in [-0.2, 0) is 0 Å². The lowest BCUT2D eigenvalue weighted by molar-refractivity contribution is 0.466. The summed E-state index contributed by atoms with van der Waals surface area (Å²) in [5.74, 6) is 5.22. The third-order valence-corrected chi connectivity index (χ3v) is 16.6. The van der Waals surface area contributed by atoms with E-state index >= 15 is 0 Å². The summed E-state index contributed by atoms with van der Waals surface area (Å²) in [6.07, 6.45) is 0. The van der Waals surface area contributed by atoms with E-state index in [9.17, 15) is 0 Å². The van der Waals surface area contributed by atoms with E-state index in [-0.39, 0.29) is 26.9 Å². The maximum Gasteiger partial charge on any atom is 0.256 e. The molecule has 6 nitrogen and oxygen atoms in total. The van der Waals surface area contributed by atoms with Gasteiger partial charge in [-0.3, -0.25) is 0 Å². The van der Waals surface area contributed by atoms with E-state index in [0.29, 0.717) is 0 Å². The molecule has 0 aliphatic carbocycles. The van der Waals surface area contributed by atoms with Gasteiger partial charge in [-0.15, -0.1) is 0 Å². The van der Waals surface area contributed by atoms with Gasteiger partial charge in [-0.05, 0) is 114 Å². The fourth-order valence-electron chi connectivity index (χ4n) is 14.1. The summed E-state index contributed by atoms with van der Waals surface area (Å²) in [7, 11) is 0. The number of rotatable bonds is 1. The molecule has 0 N–H and O–H groups in total. The summed E-state index contributed by atoms with van der Waals surface area (Å²) >= 11 is 0. The van der Waals surface area contributed by atoms with E-state index in [0.717, 1.165) is 51.6 Å². The topological polar surface area (TPSA) is 37.4 Å². The van der Waals surface area contributed by atoms with Crippen LogP contribution in [0.25, 0.3) is 0 Å². The molecular formula is C60H33B4N3O3. The van der Waals surface area contributed by atoms with E-state index in [1.165, 1.54) is 99.7 Å². The molecular weight excluding hydrogens is 854 g/mol. The van der Waals surface area contributed by atoms with E-state index in [2.05, 4.69) is 215 Å². The molecule has 10 aromatic rings. The Bertz CT molecular complexity index is 4090. The highest BCUT2D eigenvalue weighted by Crippen LogP contribution is 2.50. The Labute approximate surface area is 405 Å². The first-order chi connectivity index (χ1) is 34.8. The number of ether oxygens (including phenoxy) is 3. The number of hydrogen-bond donors (Lipinski definition) is 0. The van der Waals surface area contributed by atoms with Crippen molar-refractivity contribution in [2.45, 2.75) is 0 Å². The van der Waals surface area contributed by atoms with E-state index in [4.69, 9.17) is 14.2 Å². The molecule has 70 heavy (non-hydrogen) atoms. The Kier molecular flexibility index (Phi) is 6.57. The zero-order valence-corrected chi connectivity index (χ0v) is 37.4. The second-order valence-corrected chi connectivity index (χ2v) is 19.8. The van der Waals surface area contributed by atoms with E-state index in [1.807, 2.05) is 0 Å². The smallest absolute Gasteiger partial charge is 0.256 e. The first kappa shape index (κ1) is 36.3. The number of para-hydroxylation sites is 7. The van der Waals surface area contributed by atoms with Gasteiger partial charge in [-0.25, -0.2) is 0 Å². The van der Waals surface area contributed by atoms with Crippen molar-refractivity contribution >= 4 is 144 Å². The molecule has 8 aliphatic rings. The number of anilines is 9. The summed E-state index contributed by atoms with van der Waals surface area (Å²) in [6.45, 7) is -0.183. The fourth-order valence-corrected chi connectivity index (χ4v) is 14.1. The summed E-state index contributed by atoms with van der Waals surface area (Å²) in [5.41, 5.74) is 25.3. The van der Waals surface area contributed by atoms with Gasteiger partial charge in [0.2, 0.25) is 0 Å². The summed E-state index contributed by atoms with van der Waals surface area (Å²) in [6, 6.07) is 73.5. The van der Waals surface area contributed by atoms with Gasteiger partial charge in [0.1, 0.15) is 34.5 Å². The zero-order chi connectivity index (χ0) is 45.1. The quantitative estimate of drug-likeness (QED) is 0.187. The van der Waals surface area contributed by atoms with Gasteiger partial charge >= 0.3 is 0 Å². The largest absolute Gasteiger partial charge is 0.458 e. The molecule has 0 bridgehead atoms. The molecule has 0 amide bonds. The van der Waals surface area contributed by atoms with Gasteiger partial charge in [-0.1, -0.05) is 133 Å². The Morgan fingerprint density at radius 2 is 0.629 bits per heavy atom. The van der Waals surface area contributed by atoms with Crippen molar-refractivity contribution in [2.24, 2.45) is 0 Å². The molecule has 10 heteroatoms. The van der Waals surface area contributed by atoms with Crippen molar-refractivity contribution in [1.29, 1.82) is 0 Å². The summed E-state index contributed by atoms with van der Waals surface area (Å²) < 4.78 is 21.5. The van der Waals surface area contributed by atoms with E-state index < -0.39 is 0 Å². The highest BCUT2D eigenvalue weighted by atomic mass is 16.5. The van der Waals surface area contributed by atoms with Gasteiger partial charge in [0.25, 0.3) is 26.9 Å². The second-order valence-electron chi connectivity index (χ2n) is 19.8. The number of hydrogen-bond acceptors (Lipinski definition) is 6. The zero-order valence-electron chi connectivity index (χ0n) is 37.4. The van der Waals surface area contributed by atoms with Crippen LogP contribution in [0.3, 0.4) is 0 Å². The average Bonchev–Trinajstić information content (AvgIpc) is 3.42. The molecule has 0 saturated heterocycles. The van der Waals surface area contributed by atoms with Crippen LogP contribution in [0.15, 0.2) is 200 Å². The molecule has 10 aromatic carbocycles. The summed E-state index contributed by atoms with van der Waals surface area (Å²) in [4.78, 5) is 7.52. The fraction of sp³-hybridized carbons (Fsp3) is 0. The van der Waals surface area contributed by atoms with Crippen LogP contribution >= 0.6 is 0 Å². The number of fused-ring (bicyclic) bond motifs is 20. The second kappa shape index (κ2) is 12.7. The van der Waals surface area contributed by atoms with Crippen molar-refractivity contribution in [2.75, 3.05) is 14.7 Å². The third kappa shape index (κ3) is 4.26. The Morgan fingerprint density at radius 3 is 1.16 bits per heavy atom. The van der Waals surface area contributed by atoms with Crippen LogP contribution in [0, 0.1) is 0 Å². The third-order valence-electron chi connectivity index (χ3n) is 16.6. The predicted octanol–water partition coefficient (Wildman–Crippen LogP) is 6.04. The molecule has 0 saturated carbocycles. The molecule has 318 valence electrons. The average molecular weight is 887 g/mol. The first-order valence-corrected chi connectivity index (χ1v) is 24.4. The van der Waals surface area contributed by atoms with Gasteiger partial charge in [0.05, 0.1) is 0 Å². The number of nitrogens with zero attached hydrogens (tertiary/aromatic N) is 3. The standard InChI is InChI=1S/C60H33B4N3O3/c1-2-16-34(17-3-1)65-47-31-51-42(64-38-21-7-13-27-46(38)67-44-25-11-5-19-36(44)62-40-23-9-15-29-50(40)69-53-33-54(70-51)58(64)60(67)57(53)62)30-41(47)63-37-20-6-12-26-45(37)66-43-24-10-4-18-35(43)61-39-22-8-14-28-49(39)68-52-32-48(65)55(63)59(66)56(52)61/h1-33H. The normalized spacial score (nSPS) is 15.0. The van der Waals surface area contributed by atoms with E-state index in [1.54, 1.807) is 0 Å². The molecule has 8 heterocycles. The molecule has 0 aromatic heterocycles. The van der Waals surface area contributed by atoms with Crippen LogP contribution < -0.4 is 94.5 Å². The highest BCUT2D eigenvalue weighted by Gasteiger charge is 2.54. The Morgan fingerprint density at radius 1 is 0.243 bits per heavy atom. The molecule has 0 radical (unpaired) electrons. The Balaban J connectivity index is 0.939. The van der Waals surface area contributed by atoms with Crippen LogP contribution in [0.1, 0.15) is 0 Å². The van der Waals surface area contributed by atoms with Crippen LogP contribution in [0.2, 0.25) is 0 Å². The van der Waals surface area contributed by atoms with Gasteiger partial charge in [-0.2, -0.15) is 0 Å². The molecule has 0 unspecified atom stereocenters. The van der Waals surface area contributed by atoms with Crippen molar-refractivity contribution in [3.05, 3.63) is 200 Å². The molecule has 0 spiro atoms. The molecule has 18 rings (SSSR count). The van der Waals surface area contributed by atoms with Gasteiger partial charge < -0.3 is 28.9 Å². The molecule has 0 fully saturated rings. The van der Waals surface area contributed by atoms with Crippen molar-refractivity contribution < 1.29 is 14.2 Å². The maximum atomic E-state index is 7.45.